The number of pyridine rings is 2. The number of aryl methyl sites for hydroxylation is 2. The van der Waals surface area contributed by atoms with Crippen LogP contribution >= 0.6 is 0 Å². The summed E-state index contributed by atoms with van der Waals surface area (Å²) in [4.78, 5) is 4.30. The molecule has 0 spiro atoms. The number of hydrogen-bond acceptors (Lipinski definition) is 1. The first-order chi connectivity index (χ1) is 6.79. The lowest BCUT2D eigenvalue weighted by atomic mass is 10.2. The quantitative estimate of drug-likeness (QED) is 0.621. The van der Waals surface area contributed by atoms with Gasteiger partial charge in [0.05, 0.1) is 0 Å². The van der Waals surface area contributed by atoms with Crippen molar-refractivity contribution >= 4 is 0 Å². The molecule has 0 bridgehead atoms. The van der Waals surface area contributed by atoms with Crippen LogP contribution in [-0.2, 0) is 0 Å². The SMILES string of the molecule is Cc1ccnc(C)c1-[n+]1ccccc1. The van der Waals surface area contributed by atoms with E-state index in [0.29, 0.717) is 0 Å². The second kappa shape index (κ2) is 3.58. The number of aromatic nitrogens is 2. The topological polar surface area (TPSA) is 16.8 Å². The van der Waals surface area contributed by atoms with Gasteiger partial charge in [0.15, 0.2) is 12.4 Å². The molecule has 0 saturated carbocycles. The van der Waals surface area contributed by atoms with Crippen LogP contribution < -0.4 is 4.57 Å². The maximum absolute atomic E-state index is 4.30. The summed E-state index contributed by atoms with van der Waals surface area (Å²) in [6.07, 6.45) is 5.92. The van der Waals surface area contributed by atoms with Crippen LogP contribution in [0.5, 0.6) is 0 Å². The van der Waals surface area contributed by atoms with Gasteiger partial charge in [0, 0.05) is 23.9 Å². The molecule has 2 aromatic rings. The molecule has 2 heterocycles. The molecular weight excluding hydrogens is 172 g/mol. The van der Waals surface area contributed by atoms with Crippen LogP contribution in [0.25, 0.3) is 5.69 Å². The molecule has 0 unspecified atom stereocenters. The normalized spacial score (nSPS) is 10.1. The fraction of sp³-hybridized carbons (Fsp3) is 0.167. The molecule has 14 heavy (non-hydrogen) atoms. The summed E-state index contributed by atoms with van der Waals surface area (Å²) in [5.74, 6) is 0. The van der Waals surface area contributed by atoms with Crippen LogP contribution in [0.2, 0.25) is 0 Å². The van der Waals surface area contributed by atoms with E-state index in [-0.39, 0.29) is 0 Å². The van der Waals surface area contributed by atoms with Gasteiger partial charge in [0.25, 0.3) is 0 Å². The van der Waals surface area contributed by atoms with Gasteiger partial charge in [0.2, 0.25) is 5.69 Å². The summed E-state index contributed by atoms with van der Waals surface area (Å²) in [6.45, 7) is 4.13. The molecule has 0 aromatic carbocycles. The summed E-state index contributed by atoms with van der Waals surface area (Å²) in [5, 5.41) is 0. The molecule has 2 aromatic heterocycles. The first kappa shape index (κ1) is 8.88. The summed E-state index contributed by atoms with van der Waals surface area (Å²) in [5.41, 5.74) is 3.48. The Hall–Kier alpha value is -1.70. The molecule has 2 nitrogen and oxygen atoms in total. The Morgan fingerprint density at radius 2 is 1.79 bits per heavy atom. The summed E-state index contributed by atoms with van der Waals surface area (Å²) >= 11 is 0. The van der Waals surface area contributed by atoms with Crippen molar-refractivity contribution in [3.63, 3.8) is 0 Å². The Morgan fingerprint density at radius 3 is 2.43 bits per heavy atom. The zero-order valence-corrected chi connectivity index (χ0v) is 8.44. The van der Waals surface area contributed by atoms with E-state index >= 15 is 0 Å². The molecule has 2 rings (SSSR count). The third-order valence-corrected chi connectivity index (χ3v) is 2.28. The second-order valence-corrected chi connectivity index (χ2v) is 3.34. The van der Waals surface area contributed by atoms with Gasteiger partial charge < -0.3 is 0 Å². The van der Waals surface area contributed by atoms with Crippen LogP contribution in [-0.4, -0.2) is 4.98 Å². The van der Waals surface area contributed by atoms with Crippen LogP contribution in [0.15, 0.2) is 42.9 Å². The Kier molecular flexibility index (Phi) is 2.27. The second-order valence-electron chi connectivity index (χ2n) is 3.34. The lowest BCUT2D eigenvalue weighted by Gasteiger charge is -2.01. The van der Waals surface area contributed by atoms with Crippen molar-refractivity contribution in [2.75, 3.05) is 0 Å². The standard InChI is InChI=1S/C12H13N2/c1-10-6-7-13-11(2)12(10)14-8-4-3-5-9-14/h3-9H,1-2H3/q+1. The highest BCUT2D eigenvalue weighted by Gasteiger charge is 2.12. The molecule has 0 amide bonds. The van der Waals surface area contributed by atoms with E-state index in [1.54, 1.807) is 0 Å². The molecule has 0 aliphatic rings. The molecule has 0 saturated heterocycles. The molecular formula is C12H13N2+. The molecule has 70 valence electrons. The third kappa shape index (κ3) is 1.51. The van der Waals surface area contributed by atoms with Crippen molar-refractivity contribution in [1.82, 2.24) is 4.98 Å². The predicted octanol–water partition coefficient (Wildman–Crippen LogP) is 1.98. The molecule has 0 fully saturated rings. The fourth-order valence-corrected chi connectivity index (χ4v) is 1.62. The molecule has 0 N–H and O–H groups in total. The first-order valence-corrected chi connectivity index (χ1v) is 4.68. The Balaban J connectivity index is 2.63. The van der Waals surface area contributed by atoms with Crippen molar-refractivity contribution in [1.29, 1.82) is 0 Å². The lowest BCUT2D eigenvalue weighted by Crippen LogP contribution is -2.31. The minimum Gasteiger partial charge on any atom is -0.255 e. The van der Waals surface area contributed by atoms with Gasteiger partial charge in [-0.15, -0.1) is 0 Å². The summed E-state index contributed by atoms with van der Waals surface area (Å²) < 4.78 is 2.09. The van der Waals surface area contributed by atoms with Gasteiger partial charge in [-0.1, -0.05) is 6.07 Å². The van der Waals surface area contributed by atoms with Crippen LogP contribution in [0.3, 0.4) is 0 Å². The van der Waals surface area contributed by atoms with Crippen LogP contribution in [0.1, 0.15) is 11.3 Å². The van der Waals surface area contributed by atoms with E-state index in [9.17, 15) is 0 Å². The largest absolute Gasteiger partial charge is 0.255 e. The minimum absolute atomic E-state index is 1.06. The highest BCUT2D eigenvalue weighted by Crippen LogP contribution is 2.09. The Labute approximate surface area is 83.9 Å². The van der Waals surface area contributed by atoms with E-state index in [2.05, 4.69) is 16.5 Å². The highest BCUT2D eigenvalue weighted by atomic mass is 15.0. The Bertz CT molecular complexity index is 415. The predicted molar refractivity (Wildman–Crippen MR) is 55.2 cm³/mol. The monoisotopic (exact) mass is 185 g/mol. The van der Waals surface area contributed by atoms with Gasteiger partial charge in [-0.3, -0.25) is 4.98 Å². The lowest BCUT2D eigenvalue weighted by molar-refractivity contribution is -0.596. The fourth-order valence-electron chi connectivity index (χ4n) is 1.62. The molecule has 0 radical (unpaired) electrons. The molecule has 2 heteroatoms. The Morgan fingerprint density at radius 1 is 1.07 bits per heavy atom. The minimum atomic E-state index is 1.06. The highest BCUT2D eigenvalue weighted by molar-refractivity contribution is 5.35. The summed E-state index contributed by atoms with van der Waals surface area (Å²) in [7, 11) is 0. The summed E-state index contributed by atoms with van der Waals surface area (Å²) in [6, 6.07) is 8.08. The average Bonchev–Trinajstić information content (AvgIpc) is 2.19. The third-order valence-electron chi connectivity index (χ3n) is 2.28. The van der Waals surface area contributed by atoms with E-state index < -0.39 is 0 Å². The first-order valence-electron chi connectivity index (χ1n) is 4.68. The zero-order valence-electron chi connectivity index (χ0n) is 8.44. The van der Waals surface area contributed by atoms with Crippen molar-refractivity contribution in [3.8, 4) is 5.69 Å². The maximum atomic E-state index is 4.30. The van der Waals surface area contributed by atoms with Crippen molar-refractivity contribution in [3.05, 3.63) is 54.1 Å². The van der Waals surface area contributed by atoms with Crippen LogP contribution in [0.4, 0.5) is 0 Å². The molecule has 0 aliphatic heterocycles. The van der Waals surface area contributed by atoms with Crippen LogP contribution in [0, 0.1) is 13.8 Å². The van der Waals surface area contributed by atoms with Gasteiger partial charge in [-0.05, 0) is 19.9 Å². The van der Waals surface area contributed by atoms with Gasteiger partial charge >= 0.3 is 0 Å². The number of nitrogens with zero attached hydrogens (tertiary/aromatic N) is 2. The van der Waals surface area contributed by atoms with E-state index in [1.165, 1.54) is 11.3 Å². The zero-order chi connectivity index (χ0) is 9.97. The van der Waals surface area contributed by atoms with Gasteiger partial charge in [-0.2, -0.15) is 4.57 Å². The van der Waals surface area contributed by atoms with Gasteiger partial charge in [-0.25, -0.2) is 0 Å². The van der Waals surface area contributed by atoms with Crippen molar-refractivity contribution < 1.29 is 4.57 Å². The van der Waals surface area contributed by atoms with Crippen molar-refractivity contribution in [2.24, 2.45) is 0 Å². The molecule has 0 aliphatic carbocycles. The maximum Gasteiger partial charge on any atom is 0.234 e. The van der Waals surface area contributed by atoms with Crippen molar-refractivity contribution in [2.45, 2.75) is 13.8 Å². The van der Waals surface area contributed by atoms with E-state index in [1.807, 2.05) is 49.8 Å². The average molecular weight is 185 g/mol. The smallest absolute Gasteiger partial charge is 0.234 e. The van der Waals surface area contributed by atoms with E-state index in [0.717, 1.165) is 5.69 Å². The number of hydrogen-bond donors (Lipinski definition) is 0. The number of rotatable bonds is 1. The van der Waals surface area contributed by atoms with E-state index in [4.69, 9.17) is 0 Å². The molecule has 0 atom stereocenters. The van der Waals surface area contributed by atoms with Gasteiger partial charge in [0.1, 0.15) is 5.69 Å².